The molecule has 0 spiro atoms. The normalized spacial score (nSPS) is 11.7. The van der Waals surface area contributed by atoms with E-state index in [4.69, 9.17) is 5.11 Å². The van der Waals surface area contributed by atoms with Crippen molar-refractivity contribution >= 4 is 28.1 Å². The number of nitrogens with zero attached hydrogens (tertiary/aromatic N) is 1. The monoisotopic (exact) mass is 413 g/mol. The topological polar surface area (TPSA) is 50.2 Å². The molecule has 0 saturated heterocycles. The second-order valence-electron chi connectivity index (χ2n) is 6.54. The number of carbonyl (C=O) groups is 1. The third-order valence-corrected chi connectivity index (χ3v) is 5.46. The highest BCUT2D eigenvalue weighted by Crippen LogP contribution is 2.34. The molecule has 4 aromatic rings. The van der Waals surface area contributed by atoms with Crippen molar-refractivity contribution in [2.75, 3.05) is 0 Å². The Morgan fingerprint density at radius 2 is 1.72 bits per heavy atom. The second-order valence-corrected chi connectivity index (χ2v) is 7.39. The molecule has 0 aliphatic rings. The molecule has 1 aromatic heterocycles. The van der Waals surface area contributed by atoms with Crippen LogP contribution in [0, 0.1) is 0 Å². The largest absolute Gasteiger partial charge is 0.481 e. The predicted octanol–water partition coefficient (Wildman–Crippen LogP) is 6.28. The van der Waals surface area contributed by atoms with Gasteiger partial charge in [-0.3, -0.25) is 4.79 Å². The standard InChI is InChI=1S/C22H14F3NO2S/c23-22(24,25)17-8-6-14(7-9-17)21-26-19(12-29-21)16-5-4-13-2-1-3-15(11-20(27)28)18(13)10-16/h1-10,12H,11H2,(H,27,28). The van der Waals surface area contributed by atoms with Crippen LogP contribution in [0.5, 0.6) is 0 Å². The van der Waals surface area contributed by atoms with Gasteiger partial charge in [-0.1, -0.05) is 42.5 Å². The van der Waals surface area contributed by atoms with Crippen LogP contribution in [0.3, 0.4) is 0 Å². The summed E-state index contributed by atoms with van der Waals surface area (Å²) in [5, 5.41) is 13.4. The molecule has 1 N–H and O–H groups in total. The number of hydrogen-bond acceptors (Lipinski definition) is 3. The van der Waals surface area contributed by atoms with Gasteiger partial charge in [0, 0.05) is 16.5 Å². The van der Waals surface area contributed by atoms with E-state index in [1.807, 2.05) is 35.7 Å². The Labute approximate surface area is 168 Å². The smallest absolute Gasteiger partial charge is 0.416 e. The molecule has 0 radical (unpaired) electrons. The zero-order valence-corrected chi connectivity index (χ0v) is 15.7. The van der Waals surface area contributed by atoms with Gasteiger partial charge in [-0.2, -0.15) is 13.2 Å². The van der Waals surface area contributed by atoms with E-state index in [9.17, 15) is 18.0 Å². The van der Waals surface area contributed by atoms with Crippen LogP contribution in [0.4, 0.5) is 13.2 Å². The van der Waals surface area contributed by atoms with Crippen LogP contribution in [0.2, 0.25) is 0 Å². The first kappa shape index (κ1) is 19.1. The fraction of sp³-hybridized carbons (Fsp3) is 0.0909. The van der Waals surface area contributed by atoms with Crippen molar-refractivity contribution in [1.29, 1.82) is 0 Å². The highest BCUT2D eigenvalue weighted by Gasteiger charge is 2.30. The van der Waals surface area contributed by atoms with E-state index in [2.05, 4.69) is 4.98 Å². The van der Waals surface area contributed by atoms with Crippen molar-refractivity contribution in [3.05, 3.63) is 77.2 Å². The van der Waals surface area contributed by atoms with E-state index in [1.165, 1.54) is 23.5 Å². The van der Waals surface area contributed by atoms with Gasteiger partial charge in [0.05, 0.1) is 17.7 Å². The molecule has 0 saturated carbocycles. The number of halogens is 3. The molecule has 1 heterocycles. The Hall–Kier alpha value is -3.19. The third kappa shape index (κ3) is 4.00. The van der Waals surface area contributed by atoms with Crippen LogP contribution in [-0.4, -0.2) is 16.1 Å². The van der Waals surface area contributed by atoms with Crippen LogP contribution >= 0.6 is 11.3 Å². The molecule has 0 bridgehead atoms. The van der Waals surface area contributed by atoms with Crippen molar-refractivity contribution < 1.29 is 23.1 Å². The second kappa shape index (κ2) is 7.33. The average Bonchev–Trinajstić information content (AvgIpc) is 3.17. The number of carboxylic acids is 1. The number of aliphatic carboxylic acids is 1. The Morgan fingerprint density at radius 1 is 1.00 bits per heavy atom. The molecular weight excluding hydrogens is 399 g/mol. The van der Waals surface area contributed by atoms with Crippen LogP contribution in [0.15, 0.2) is 66.0 Å². The van der Waals surface area contributed by atoms with E-state index in [1.54, 1.807) is 6.07 Å². The first-order chi connectivity index (χ1) is 13.8. The summed E-state index contributed by atoms with van der Waals surface area (Å²) in [6, 6.07) is 16.2. The molecule has 7 heteroatoms. The molecule has 4 rings (SSSR count). The number of aromatic nitrogens is 1. The molecule has 0 amide bonds. The summed E-state index contributed by atoms with van der Waals surface area (Å²) in [5.41, 5.74) is 2.15. The summed E-state index contributed by atoms with van der Waals surface area (Å²) >= 11 is 1.34. The van der Waals surface area contributed by atoms with E-state index in [0.29, 0.717) is 16.3 Å². The van der Waals surface area contributed by atoms with E-state index in [-0.39, 0.29) is 6.42 Å². The van der Waals surface area contributed by atoms with Gasteiger partial charge in [-0.15, -0.1) is 11.3 Å². The number of fused-ring (bicyclic) bond motifs is 1. The van der Waals surface area contributed by atoms with Crippen LogP contribution in [0.25, 0.3) is 32.6 Å². The summed E-state index contributed by atoms with van der Waals surface area (Å²) in [4.78, 5) is 15.7. The number of rotatable bonds is 4. The third-order valence-electron chi connectivity index (χ3n) is 4.57. The summed E-state index contributed by atoms with van der Waals surface area (Å²) in [6.45, 7) is 0. The Balaban J connectivity index is 1.69. The summed E-state index contributed by atoms with van der Waals surface area (Å²) < 4.78 is 38.2. The number of hydrogen-bond donors (Lipinski definition) is 1. The van der Waals surface area contributed by atoms with Gasteiger partial charge in [0.1, 0.15) is 5.01 Å². The van der Waals surface area contributed by atoms with Crippen LogP contribution in [0.1, 0.15) is 11.1 Å². The van der Waals surface area contributed by atoms with Crippen molar-refractivity contribution in [1.82, 2.24) is 4.98 Å². The first-order valence-electron chi connectivity index (χ1n) is 8.68. The van der Waals surface area contributed by atoms with Crippen LogP contribution < -0.4 is 0 Å². The van der Waals surface area contributed by atoms with Gasteiger partial charge in [0.2, 0.25) is 0 Å². The zero-order chi connectivity index (χ0) is 20.6. The molecular formula is C22H14F3NO2S. The van der Waals surface area contributed by atoms with Crippen molar-refractivity contribution in [3.8, 4) is 21.8 Å². The number of thiazole rings is 1. The summed E-state index contributed by atoms with van der Waals surface area (Å²) in [6.07, 6.45) is -4.44. The van der Waals surface area contributed by atoms with Gasteiger partial charge in [0.15, 0.2) is 0 Å². The minimum atomic E-state index is -4.37. The van der Waals surface area contributed by atoms with Crippen molar-refractivity contribution in [2.45, 2.75) is 12.6 Å². The molecule has 29 heavy (non-hydrogen) atoms. The van der Waals surface area contributed by atoms with Crippen molar-refractivity contribution in [2.24, 2.45) is 0 Å². The van der Waals surface area contributed by atoms with Crippen LogP contribution in [-0.2, 0) is 17.4 Å². The maximum atomic E-state index is 12.7. The van der Waals surface area contributed by atoms with Gasteiger partial charge >= 0.3 is 12.1 Å². The lowest BCUT2D eigenvalue weighted by molar-refractivity contribution is -0.138. The molecule has 0 aliphatic carbocycles. The highest BCUT2D eigenvalue weighted by molar-refractivity contribution is 7.13. The molecule has 0 fully saturated rings. The summed E-state index contributed by atoms with van der Waals surface area (Å²) in [7, 11) is 0. The quantitative estimate of drug-likeness (QED) is 0.429. The number of benzene rings is 3. The maximum Gasteiger partial charge on any atom is 0.416 e. The van der Waals surface area contributed by atoms with E-state index < -0.39 is 17.7 Å². The lowest BCUT2D eigenvalue weighted by Gasteiger charge is -2.07. The Morgan fingerprint density at radius 3 is 2.41 bits per heavy atom. The average molecular weight is 413 g/mol. The lowest BCUT2D eigenvalue weighted by atomic mass is 9.99. The van der Waals surface area contributed by atoms with Gasteiger partial charge < -0.3 is 5.11 Å². The van der Waals surface area contributed by atoms with Gasteiger partial charge in [-0.05, 0) is 34.5 Å². The minimum Gasteiger partial charge on any atom is -0.481 e. The predicted molar refractivity (Wildman–Crippen MR) is 107 cm³/mol. The summed E-state index contributed by atoms with van der Waals surface area (Å²) in [5.74, 6) is -0.902. The molecule has 0 atom stereocenters. The van der Waals surface area contributed by atoms with E-state index in [0.717, 1.165) is 34.0 Å². The molecule has 0 unspecified atom stereocenters. The Kier molecular flexibility index (Phi) is 4.84. The fourth-order valence-electron chi connectivity index (χ4n) is 3.15. The minimum absolute atomic E-state index is 0.0747. The number of carboxylic acid groups (broad SMARTS) is 1. The number of alkyl halides is 3. The van der Waals surface area contributed by atoms with Gasteiger partial charge in [0.25, 0.3) is 0 Å². The van der Waals surface area contributed by atoms with E-state index >= 15 is 0 Å². The lowest BCUT2D eigenvalue weighted by Crippen LogP contribution is -2.03. The fourth-order valence-corrected chi connectivity index (χ4v) is 3.99. The first-order valence-corrected chi connectivity index (χ1v) is 9.56. The molecule has 3 nitrogen and oxygen atoms in total. The molecule has 3 aromatic carbocycles. The zero-order valence-electron chi connectivity index (χ0n) is 14.9. The Bertz CT molecular complexity index is 1200. The highest BCUT2D eigenvalue weighted by atomic mass is 32.1. The molecule has 0 aliphatic heterocycles. The molecule has 146 valence electrons. The SMILES string of the molecule is O=C(O)Cc1cccc2ccc(-c3csc(-c4ccc(C(F)(F)F)cc4)n3)cc12. The van der Waals surface area contributed by atoms with Crippen molar-refractivity contribution in [3.63, 3.8) is 0 Å². The maximum absolute atomic E-state index is 12.7. The van der Waals surface area contributed by atoms with Gasteiger partial charge in [-0.25, -0.2) is 4.98 Å².